The maximum Gasteiger partial charge on any atom is 0.322 e. The van der Waals surface area contributed by atoms with Gasteiger partial charge in [0.25, 0.3) is 5.91 Å². The number of hydrogen-bond donors (Lipinski definition) is 3. The van der Waals surface area contributed by atoms with Gasteiger partial charge in [-0.05, 0) is 18.9 Å². The first-order valence-electron chi connectivity index (χ1n) is 4.72. The summed E-state index contributed by atoms with van der Waals surface area (Å²) in [4.78, 5) is 21.6. The highest BCUT2D eigenvalue weighted by atomic mass is 16.4. The maximum absolute atomic E-state index is 11.3. The number of aliphatic carboxylic acids is 1. The minimum absolute atomic E-state index is 0.248. The van der Waals surface area contributed by atoms with E-state index in [1.165, 1.54) is 0 Å². The van der Waals surface area contributed by atoms with E-state index in [9.17, 15) is 9.59 Å². The van der Waals surface area contributed by atoms with Gasteiger partial charge in [0.2, 0.25) is 0 Å². The molecular formula is C9H11N3O3. The van der Waals surface area contributed by atoms with Gasteiger partial charge in [0, 0.05) is 11.6 Å². The highest BCUT2D eigenvalue weighted by molar-refractivity contribution is 5.94. The van der Waals surface area contributed by atoms with E-state index in [0.717, 1.165) is 18.5 Å². The van der Waals surface area contributed by atoms with E-state index >= 15 is 0 Å². The van der Waals surface area contributed by atoms with Crippen LogP contribution in [-0.2, 0) is 4.79 Å². The molecule has 2 rings (SSSR count). The van der Waals surface area contributed by atoms with Crippen molar-refractivity contribution < 1.29 is 14.7 Å². The summed E-state index contributed by atoms with van der Waals surface area (Å²) in [6.07, 6.45) is 2.25. The van der Waals surface area contributed by atoms with Crippen molar-refractivity contribution in [3.8, 4) is 0 Å². The Morgan fingerprint density at radius 1 is 1.60 bits per heavy atom. The molecule has 1 aromatic heterocycles. The normalized spacial score (nSPS) is 14.9. The Hall–Kier alpha value is -1.85. The molecule has 6 heteroatoms. The fourth-order valence-electron chi connectivity index (χ4n) is 1.30. The Morgan fingerprint density at radius 3 is 2.93 bits per heavy atom. The number of rotatable bonds is 4. The van der Waals surface area contributed by atoms with Gasteiger partial charge in [-0.15, -0.1) is 0 Å². The first-order valence-corrected chi connectivity index (χ1v) is 4.72. The molecule has 1 aliphatic carbocycles. The van der Waals surface area contributed by atoms with Crippen molar-refractivity contribution in [1.29, 1.82) is 0 Å². The summed E-state index contributed by atoms with van der Waals surface area (Å²) in [7, 11) is 0. The molecule has 1 heterocycles. The number of nitrogens with one attached hydrogen (secondary N) is 2. The molecule has 0 atom stereocenters. The van der Waals surface area contributed by atoms with Gasteiger partial charge in [-0.1, -0.05) is 0 Å². The monoisotopic (exact) mass is 209 g/mol. The van der Waals surface area contributed by atoms with Crippen LogP contribution in [0.4, 0.5) is 0 Å². The van der Waals surface area contributed by atoms with E-state index in [4.69, 9.17) is 5.11 Å². The first-order chi connectivity index (χ1) is 7.16. The predicted octanol–water partition coefficient (Wildman–Crippen LogP) is 0.101. The lowest BCUT2D eigenvalue weighted by Gasteiger charge is -1.96. The molecule has 15 heavy (non-hydrogen) atoms. The molecule has 0 unspecified atom stereocenters. The first kappa shape index (κ1) is 9.70. The molecule has 1 fully saturated rings. The van der Waals surface area contributed by atoms with Gasteiger partial charge in [-0.3, -0.25) is 14.7 Å². The van der Waals surface area contributed by atoms with Gasteiger partial charge >= 0.3 is 5.97 Å². The van der Waals surface area contributed by atoms with Gasteiger partial charge in [0.1, 0.15) is 12.2 Å². The van der Waals surface area contributed by atoms with Crippen molar-refractivity contribution in [3.63, 3.8) is 0 Å². The van der Waals surface area contributed by atoms with Crippen LogP contribution in [0, 0.1) is 0 Å². The predicted molar refractivity (Wildman–Crippen MR) is 50.5 cm³/mol. The zero-order valence-corrected chi connectivity index (χ0v) is 7.99. The molecule has 6 nitrogen and oxygen atoms in total. The Bertz CT molecular complexity index is 395. The van der Waals surface area contributed by atoms with Crippen LogP contribution in [0.15, 0.2) is 6.07 Å². The third kappa shape index (κ3) is 2.34. The molecule has 80 valence electrons. The average molecular weight is 209 g/mol. The van der Waals surface area contributed by atoms with Crippen molar-refractivity contribution in [1.82, 2.24) is 15.5 Å². The molecule has 0 aliphatic heterocycles. The maximum atomic E-state index is 11.3. The van der Waals surface area contributed by atoms with Crippen LogP contribution in [-0.4, -0.2) is 33.7 Å². The number of carbonyl (C=O) groups excluding carboxylic acids is 1. The Balaban J connectivity index is 1.95. The molecular weight excluding hydrogens is 198 g/mol. The molecule has 1 aliphatic rings. The van der Waals surface area contributed by atoms with Crippen LogP contribution in [0.5, 0.6) is 0 Å². The number of amides is 1. The van der Waals surface area contributed by atoms with E-state index in [-0.39, 0.29) is 12.2 Å². The quantitative estimate of drug-likeness (QED) is 0.655. The molecule has 0 radical (unpaired) electrons. The van der Waals surface area contributed by atoms with Crippen molar-refractivity contribution >= 4 is 11.9 Å². The van der Waals surface area contributed by atoms with Crippen LogP contribution >= 0.6 is 0 Å². The second-order valence-electron chi connectivity index (χ2n) is 3.56. The summed E-state index contributed by atoms with van der Waals surface area (Å²) in [5.41, 5.74) is 1.20. The Kier molecular flexibility index (Phi) is 2.40. The molecule has 0 bridgehead atoms. The molecule has 1 aromatic rings. The number of nitrogens with zero attached hydrogens (tertiary/aromatic N) is 1. The van der Waals surface area contributed by atoms with Gasteiger partial charge < -0.3 is 10.4 Å². The summed E-state index contributed by atoms with van der Waals surface area (Å²) in [6.45, 7) is -0.384. The highest BCUT2D eigenvalue weighted by Crippen LogP contribution is 2.38. The molecule has 0 aromatic carbocycles. The summed E-state index contributed by atoms with van der Waals surface area (Å²) in [6, 6.07) is 1.68. The zero-order valence-electron chi connectivity index (χ0n) is 7.99. The summed E-state index contributed by atoms with van der Waals surface area (Å²) < 4.78 is 0. The molecule has 3 N–H and O–H groups in total. The van der Waals surface area contributed by atoms with Crippen molar-refractivity contribution in [2.45, 2.75) is 18.8 Å². The molecule has 0 spiro atoms. The van der Waals surface area contributed by atoms with Crippen LogP contribution in [0.3, 0.4) is 0 Å². The average Bonchev–Trinajstić information content (AvgIpc) is 2.93. The van der Waals surface area contributed by atoms with Crippen LogP contribution in [0.2, 0.25) is 0 Å². The van der Waals surface area contributed by atoms with E-state index in [1.54, 1.807) is 6.07 Å². The highest BCUT2D eigenvalue weighted by Gasteiger charge is 2.26. The lowest BCUT2D eigenvalue weighted by molar-refractivity contribution is -0.135. The number of aromatic amines is 1. The minimum Gasteiger partial charge on any atom is -0.480 e. The van der Waals surface area contributed by atoms with E-state index < -0.39 is 11.9 Å². The number of H-pyrrole nitrogens is 1. The fourth-order valence-corrected chi connectivity index (χ4v) is 1.30. The van der Waals surface area contributed by atoms with Crippen molar-refractivity contribution in [2.75, 3.05) is 6.54 Å². The number of hydrogen-bond acceptors (Lipinski definition) is 3. The molecule has 1 saturated carbocycles. The lowest BCUT2D eigenvalue weighted by atomic mass is 10.2. The van der Waals surface area contributed by atoms with Crippen molar-refractivity contribution in [2.24, 2.45) is 0 Å². The number of carbonyl (C=O) groups is 2. The summed E-state index contributed by atoms with van der Waals surface area (Å²) >= 11 is 0. The lowest BCUT2D eigenvalue weighted by Crippen LogP contribution is -2.29. The number of carboxylic acid groups (broad SMARTS) is 1. The zero-order chi connectivity index (χ0) is 10.8. The summed E-state index contributed by atoms with van der Waals surface area (Å²) in [5, 5.41) is 17.2. The third-order valence-corrected chi connectivity index (χ3v) is 2.25. The van der Waals surface area contributed by atoms with Gasteiger partial charge in [-0.25, -0.2) is 0 Å². The Labute approximate surface area is 85.7 Å². The third-order valence-electron chi connectivity index (χ3n) is 2.25. The van der Waals surface area contributed by atoms with Crippen LogP contribution < -0.4 is 5.32 Å². The van der Waals surface area contributed by atoms with E-state index in [1.807, 2.05) is 0 Å². The Morgan fingerprint density at radius 2 is 2.33 bits per heavy atom. The van der Waals surface area contributed by atoms with Gasteiger partial charge in [-0.2, -0.15) is 5.10 Å². The van der Waals surface area contributed by atoms with E-state index in [0.29, 0.717) is 5.92 Å². The van der Waals surface area contributed by atoms with Gasteiger partial charge in [0.15, 0.2) is 0 Å². The standard InChI is InChI=1S/C9H11N3O3/c13-8(14)4-10-9(15)7-3-6(11-12-7)5-1-2-5/h3,5H,1-2,4H2,(H,10,15)(H,11,12)(H,13,14). The largest absolute Gasteiger partial charge is 0.480 e. The summed E-state index contributed by atoms with van der Waals surface area (Å²) in [5.74, 6) is -1.03. The second kappa shape index (κ2) is 3.72. The SMILES string of the molecule is O=C(O)CNC(=O)c1cc(C2CC2)[nH]n1. The van der Waals surface area contributed by atoms with Crippen LogP contribution in [0.25, 0.3) is 0 Å². The van der Waals surface area contributed by atoms with Gasteiger partial charge in [0.05, 0.1) is 0 Å². The minimum atomic E-state index is -1.07. The number of carboxylic acids is 1. The number of aromatic nitrogens is 2. The van der Waals surface area contributed by atoms with Crippen molar-refractivity contribution in [3.05, 3.63) is 17.5 Å². The fraction of sp³-hybridized carbons (Fsp3) is 0.444. The molecule has 0 saturated heterocycles. The molecule has 1 amide bonds. The van der Waals surface area contributed by atoms with Crippen LogP contribution in [0.1, 0.15) is 34.9 Å². The van der Waals surface area contributed by atoms with E-state index in [2.05, 4.69) is 15.5 Å². The topological polar surface area (TPSA) is 95.1 Å². The smallest absolute Gasteiger partial charge is 0.322 e. The second-order valence-corrected chi connectivity index (χ2v) is 3.56.